The number of ether oxygens (including phenoxy) is 1. The standard InChI is InChI=1S/C11H15N3O3/c1-2-17-11(16)8(6-12)9-4-3-5-14(9)7-10(13)15/h2-5,7H2,1H3,(H2,13,15)/b9-8+. The van der Waals surface area contributed by atoms with Crippen LogP contribution in [0.1, 0.15) is 19.8 Å². The summed E-state index contributed by atoms with van der Waals surface area (Å²) in [6.45, 7) is 2.54. The highest BCUT2D eigenvalue weighted by molar-refractivity contribution is 5.93. The summed E-state index contributed by atoms with van der Waals surface area (Å²) in [7, 11) is 0. The summed E-state index contributed by atoms with van der Waals surface area (Å²) in [5, 5.41) is 8.98. The van der Waals surface area contributed by atoms with Crippen LogP contribution in [-0.2, 0) is 14.3 Å². The van der Waals surface area contributed by atoms with Crippen LogP contribution in [0.3, 0.4) is 0 Å². The van der Waals surface area contributed by atoms with Gasteiger partial charge in [-0.3, -0.25) is 4.79 Å². The molecule has 2 N–H and O–H groups in total. The Kier molecular flexibility index (Phi) is 4.52. The summed E-state index contributed by atoms with van der Waals surface area (Å²) in [5.74, 6) is -1.12. The van der Waals surface area contributed by atoms with E-state index in [1.165, 1.54) is 0 Å². The van der Waals surface area contributed by atoms with Crippen molar-refractivity contribution in [3.8, 4) is 6.07 Å². The fraction of sp³-hybridized carbons (Fsp3) is 0.545. The SMILES string of the molecule is CCOC(=O)/C(C#N)=C1\CCCN1CC(N)=O. The Morgan fingerprint density at radius 2 is 2.29 bits per heavy atom. The van der Waals surface area contributed by atoms with Crippen molar-refractivity contribution in [1.82, 2.24) is 4.90 Å². The molecule has 1 aliphatic rings. The van der Waals surface area contributed by atoms with Crippen LogP contribution in [0.4, 0.5) is 0 Å². The van der Waals surface area contributed by atoms with Crippen LogP contribution in [0.2, 0.25) is 0 Å². The lowest BCUT2D eigenvalue weighted by atomic mass is 10.2. The molecular weight excluding hydrogens is 222 g/mol. The van der Waals surface area contributed by atoms with Gasteiger partial charge in [-0.2, -0.15) is 5.26 Å². The number of nitriles is 1. The molecule has 17 heavy (non-hydrogen) atoms. The van der Waals surface area contributed by atoms with Crippen molar-refractivity contribution < 1.29 is 14.3 Å². The second-order valence-electron chi connectivity index (χ2n) is 3.65. The van der Waals surface area contributed by atoms with Crippen molar-refractivity contribution in [2.75, 3.05) is 19.7 Å². The molecule has 1 heterocycles. The number of allylic oxidation sites excluding steroid dienone is 1. The van der Waals surface area contributed by atoms with Gasteiger partial charge in [-0.25, -0.2) is 4.79 Å². The van der Waals surface area contributed by atoms with Crippen LogP contribution < -0.4 is 5.73 Å². The van der Waals surface area contributed by atoms with Crippen molar-refractivity contribution >= 4 is 11.9 Å². The molecule has 1 amide bonds. The maximum atomic E-state index is 11.5. The van der Waals surface area contributed by atoms with Gasteiger partial charge < -0.3 is 15.4 Å². The van der Waals surface area contributed by atoms with Gasteiger partial charge in [0.15, 0.2) is 5.57 Å². The summed E-state index contributed by atoms with van der Waals surface area (Å²) in [6.07, 6.45) is 1.39. The van der Waals surface area contributed by atoms with Gasteiger partial charge in [0, 0.05) is 12.2 Å². The third kappa shape index (κ3) is 3.21. The zero-order valence-electron chi connectivity index (χ0n) is 9.73. The Labute approximate surface area is 99.6 Å². The number of carbonyl (C=O) groups is 2. The molecule has 1 fully saturated rings. The first-order chi connectivity index (χ1) is 8.10. The van der Waals surface area contributed by atoms with Gasteiger partial charge in [-0.1, -0.05) is 0 Å². The molecular formula is C11H15N3O3. The highest BCUT2D eigenvalue weighted by atomic mass is 16.5. The highest BCUT2D eigenvalue weighted by Crippen LogP contribution is 2.24. The van der Waals surface area contributed by atoms with Gasteiger partial charge in [-0.15, -0.1) is 0 Å². The van der Waals surface area contributed by atoms with Gasteiger partial charge in [0.05, 0.1) is 13.2 Å². The van der Waals surface area contributed by atoms with Crippen LogP contribution in [-0.4, -0.2) is 36.5 Å². The number of hydrogen-bond donors (Lipinski definition) is 1. The summed E-state index contributed by atoms with van der Waals surface area (Å²) < 4.78 is 4.80. The molecule has 0 unspecified atom stereocenters. The molecule has 0 spiro atoms. The zero-order valence-corrected chi connectivity index (χ0v) is 9.73. The first-order valence-electron chi connectivity index (χ1n) is 5.43. The molecule has 6 heteroatoms. The van der Waals surface area contributed by atoms with Crippen molar-refractivity contribution in [3.63, 3.8) is 0 Å². The molecule has 1 rings (SSSR count). The molecule has 0 aliphatic carbocycles. The van der Waals surface area contributed by atoms with Crippen LogP contribution in [0.15, 0.2) is 11.3 Å². The molecule has 0 saturated carbocycles. The minimum absolute atomic E-state index is 0.0226. The smallest absolute Gasteiger partial charge is 0.350 e. The number of hydrogen-bond acceptors (Lipinski definition) is 5. The Morgan fingerprint density at radius 1 is 1.59 bits per heavy atom. The van der Waals surface area contributed by atoms with E-state index in [2.05, 4.69) is 0 Å². The normalized spacial score (nSPS) is 17.5. The molecule has 1 saturated heterocycles. The number of carbonyl (C=O) groups excluding carboxylic acids is 2. The lowest BCUT2D eigenvalue weighted by molar-refractivity contribution is -0.138. The minimum Gasteiger partial charge on any atom is -0.462 e. The zero-order chi connectivity index (χ0) is 12.8. The first kappa shape index (κ1) is 13.0. The monoisotopic (exact) mass is 237 g/mol. The molecule has 92 valence electrons. The van der Waals surface area contributed by atoms with E-state index < -0.39 is 11.9 Å². The lowest BCUT2D eigenvalue weighted by Gasteiger charge is -2.18. The summed E-state index contributed by atoms with van der Waals surface area (Å²) in [5.41, 5.74) is 5.65. The fourth-order valence-corrected chi connectivity index (χ4v) is 1.81. The average Bonchev–Trinajstić information content (AvgIpc) is 2.67. The van der Waals surface area contributed by atoms with Gasteiger partial charge in [0.2, 0.25) is 5.91 Å². The number of nitrogens with two attached hydrogens (primary N) is 1. The third-order valence-electron chi connectivity index (χ3n) is 2.45. The minimum atomic E-state index is -0.638. The molecule has 0 aromatic carbocycles. The van der Waals surface area contributed by atoms with Gasteiger partial charge >= 0.3 is 5.97 Å². The number of primary amides is 1. The number of rotatable bonds is 4. The summed E-state index contributed by atoms with van der Waals surface area (Å²) in [6, 6.07) is 1.84. The van der Waals surface area contributed by atoms with Gasteiger partial charge in [-0.05, 0) is 19.8 Å². The van der Waals surface area contributed by atoms with Gasteiger partial charge in [0.1, 0.15) is 6.07 Å². The maximum absolute atomic E-state index is 11.5. The van der Waals surface area contributed by atoms with Crippen LogP contribution in [0.25, 0.3) is 0 Å². The van der Waals surface area contributed by atoms with Crippen molar-refractivity contribution in [3.05, 3.63) is 11.3 Å². The van der Waals surface area contributed by atoms with E-state index in [9.17, 15) is 9.59 Å². The van der Waals surface area contributed by atoms with Crippen molar-refractivity contribution in [1.29, 1.82) is 5.26 Å². The van der Waals surface area contributed by atoms with E-state index in [0.717, 1.165) is 6.42 Å². The second-order valence-corrected chi connectivity index (χ2v) is 3.65. The lowest BCUT2D eigenvalue weighted by Crippen LogP contribution is -2.31. The van der Waals surface area contributed by atoms with Gasteiger partial charge in [0.25, 0.3) is 0 Å². The largest absolute Gasteiger partial charge is 0.462 e. The summed E-state index contributed by atoms with van der Waals surface area (Å²) in [4.78, 5) is 24.1. The average molecular weight is 237 g/mol. The number of nitrogens with zero attached hydrogens (tertiary/aromatic N) is 2. The van der Waals surface area contributed by atoms with Crippen LogP contribution in [0.5, 0.6) is 0 Å². The predicted molar refractivity (Wildman–Crippen MR) is 59.3 cm³/mol. The summed E-state index contributed by atoms with van der Waals surface area (Å²) >= 11 is 0. The number of likely N-dealkylation sites (tertiary alicyclic amines) is 1. The van der Waals surface area contributed by atoms with E-state index >= 15 is 0 Å². The fourth-order valence-electron chi connectivity index (χ4n) is 1.81. The number of esters is 1. The Balaban J connectivity index is 2.94. The predicted octanol–water partition coefficient (Wildman–Crippen LogP) is -0.0917. The van der Waals surface area contributed by atoms with Crippen LogP contribution >= 0.6 is 0 Å². The van der Waals surface area contributed by atoms with E-state index in [4.69, 9.17) is 15.7 Å². The second kappa shape index (κ2) is 5.89. The Bertz CT molecular complexity index is 395. The van der Waals surface area contributed by atoms with Crippen LogP contribution in [0, 0.1) is 11.3 Å². The van der Waals surface area contributed by atoms with Crippen molar-refractivity contribution in [2.24, 2.45) is 5.73 Å². The Hall–Kier alpha value is -2.03. The molecule has 0 radical (unpaired) electrons. The first-order valence-corrected chi connectivity index (χ1v) is 5.43. The van der Waals surface area contributed by atoms with E-state index in [1.54, 1.807) is 11.8 Å². The highest BCUT2D eigenvalue weighted by Gasteiger charge is 2.26. The van der Waals surface area contributed by atoms with E-state index in [0.29, 0.717) is 18.7 Å². The quantitative estimate of drug-likeness (QED) is 0.418. The Morgan fingerprint density at radius 3 is 2.82 bits per heavy atom. The maximum Gasteiger partial charge on any atom is 0.350 e. The molecule has 0 aromatic rings. The van der Waals surface area contributed by atoms with Crippen molar-refractivity contribution in [2.45, 2.75) is 19.8 Å². The number of amides is 1. The third-order valence-corrected chi connectivity index (χ3v) is 2.45. The molecule has 1 aliphatic heterocycles. The topological polar surface area (TPSA) is 96.4 Å². The van der Waals surface area contributed by atoms with E-state index in [1.807, 2.05) is 6.07 Å². The molecule has 6 nitrogen and oxygen atoms in total. The molecule has 0 aromatic heterocycles. The van der Waals surface area contributed by atoms with E-state index in [-0.39, 0.29) is 18.7 Å². The molecule has 0 bridgehead atoms. The molecule has 0 atom stereocenters.